The molecule has 0 aromatic heterocycles. The molecule has 172 valence electrons. The summed E-state index contributed by atoms with van der Waals surface area (Å²) in [6.07, 6.45) is 3.10. The van der Waals surface area contributed by atoms with Crippen molar-refractivity contribution in [2.75, 3.05) is 20.7 Å². The van der Waals surface area contributed by atoms with E-state index < -0.39 is 11.7 Å². The minimum Gasteiger partial charge on any atom is -0.522 e. The number of nitrogens with zero attached hydrogens (tertiary/aromatic N) is 1. The number of carbonyl (C=O) groups is 2. The van der Waals surface area contributed by atoms with E-state index in [0.29, 0.717) is 0 Å². The number of rotatable bonds is 10. The Morgan fingerprint density at radius 3 is 2.04 bits per heavy atom. The largest absolute Gasteiger partial charge is 0.522 e. The second-order valence-electron chi connectivity index (χ2n) is 7.61. The van der Waals surface area contributed by atoms with E-state index in [1.807, 2.05) is 13.8 Å². The van der Waals surface area contributed by atoms with Crippen molar-refractivity contribution in [1.29, 1.82) is 0 Å². The van der Waals surface area contributed by atoms with Crippen LogP contribution in [-0.4, -0.2) is 61.6 Å². The molecule has 0 bridgehead atoms. The van der Waals surface area contributed by atoms with Gasteiger partial charge in [-0.05, 0) is 26.7 Å². The summed E-state index contributed by atoms with van der Waals surface area (Å²) in [6, 6.07) is -0.312. The van der Waals surface area contributed by atoms with Crippen molar-refractivity contribution in [2.24, 2.45) is 5.92 Å². The summed E-state index contributed by atoms with van der Waals surface area (Å²) in [5.74, 6) is -0.538. The Bertz CT molecular complexity index is 441. The van der Waals surface area contributed by atoms with Crippen LogP contribution in [0.2, 0.25) is 0 Å². The number of nitrogens with one attached hydrogen (secondary N) is 1. The summed E-state index contributed by atoms with van der Waals surface area (Å²) >= 11 is 0. The van der Waals surface area contributed by atoms with Gasteiger partial charge in [0.05, 0.1) is 25.1 Å². The summed E-state index contributed by atoms with van der Waals surface area (Å²) in [7, 11) is 3.16. The molecule has 0 fully saturated rings. The Balaban J connectivity index is -0.00000146. The van der Waals surface area contributed by atoms with Crippen LogP contribution in [0.15, 0.2) is 0 Å². The van der Waals surface area contributed by atoms with E-state index in [4.69, 9.17) is 9.47 Å². The van der Waals surface area contributed by atoms with Gasteiger partial charge in [0, 0.05) is 14.2 Å². The monoisotopic (exact) mass is 644 g/mol. The Hall–Kier alpha value is -2.63. The van der Waals surface area contributed by atoms with E-state index in [1.165, 1.54) is 24.8 Å². The number of amides is 2. The first-order valence-corrected chi connectivity index (χ1v) is 9.59. The molecule has 3 unspecified atom stereocenters. The van der Waals surface area contributed by atoms with Crippen molar-refractivity contribution in [3.63, 3.8) is 0 Å². The maximum Gasteiger partial charge on any atom is 0.309 e. The molecule has 0 aliphatic rings. The van der Waals surface area contributed by atoms with Crippen molar-refractivity contribution in [1.82, 2.24) is 10.2 Å². The van der Waals surface area contributed by atoms with Crippen molar-refractivity contribution in [2.45, 2.75) is 85.5 Å². The normalized spacial score (nSPS) is 13.6. The molecule has 8 heteroatoms. The van der Waals surface area contributed by atoms with Crippen molar-refractivity contribution >= 4 is 18.3 Å². The van der Waals surface area contributed by atoms with Crippen LogP contribution in [0, 0.1) is 5.92 Å². The first-order chi connectivity index (χ1) is 12.5. The van der Waals surface area contributed by atoms with Gasteiger partial charge in [0.2, 0.25) is 5.91 Å². The standard InChI is InChI=1S/C17H31N2O5.C3H8.Fm/c1-8-12(2)16(19(6)14(21)10-18-11-20)13(23-7)9-15(22)24-17(3,4)5;1-3-2;/h12-13,16H,8-10H2,1-7H3,(H,18,20);3H2,1-2H3;/q-1;;. The molecule has 0 aliphatic carbocycles. The van der Waals surface area contributed by atoms with Crippen LogP contribution in [-0.2, 0) is 23.9 Å². The molecular weight excluding hydrogens is 605 g/mol. The fourth-order valence-corrected chi connectivity index (χ4v) is 2.53. The van der Waals surface area contributed by atoms with Crippen LogP contribution in [0.1, 0.15) is 67.7 Å². The molecule has 0 saturated carbocycles. The van der Waals surface area contributed by atoms with Crippen molar-refractivity contribution in [3.05, 3.63) is 0 Å². The third kappa shape index (κ3) is 12.7. The minimum absolute atomic E-state index is 0. The molecule has 1 N–H and O–H groups in total. The number of likely N-dealkylation sites (N-methyl/N-ethyl adjacent to an activating group) is 1. The van der Waals surface area contributed by atoms with Gasteiger partial charge in [0.15, 0.2) is 0 Å². The van der Waals surface area contributed by atoms with Crippen LogP contribution < -0.4 is 5.32 Å². The third-order valence-electron chi connectivity index (χ3n) is 3.85. The summed E-state index contributed by atoms with van der Waals surface area (Å²) in [5.41, 5.74) is -0.577. The van der Waals surface area contributed by atoms with E-state index in [9.17, 15) is 14.4 Å². The Morgan fingerprint density at radius 1 is 1.18 bits per heavy atom. The Morgan fingerprint density at radius 2 is 1.68 bits per heavy atom. The van der Waals surface area contributed by atoms with Crippen LogP contribution in [0.5, 0.6) is 0 Å². The van der Waals surface area contributed by atoms with Crippen molar-refractivity contribution < 1.29 is 23.9 Å². The fourth-order valence-electron chi connectivity index (χ4n) is 2.53. The maximum absolute atomic E-state index is 12.2. The predicted octanol–water partition coefficient (Wildman–Crippen LogP) is 2.68. The second kappa shape index (κ2) is 15.4. The van der Waals surface area contributed by atoms with E-state index in [1.54, 1.807) is 27.8 Å². The molecule has 0 aromatic rings. The van der Waals surface area contributed by atoms with Crippen LogP contribution in [0.25, 0.3) is 0 Å². The molecular formula is C20H39FmN2O5-. The topological polar surface area (TPSA) is 84.9 Å². The van der Waals surface area contributed by atoms with Gasteiger partial charge in [-0.25, -0.2) is 0 Å². The number of methoxy groups -OCH3 is 1. The molecule has 0 saturated heterocycles. The molecule has 0 spiro atoms. The van der Waals surface area contributed by atoms with Gasteiger partial charge in [0.1, 0.15) is 5.60 Å². The SMILES string of the molecule is CCC.CCC(C)C(C(CC(=O)OC(C)(C)C)OC)N(C)C(=O)CN[C-]=O.[Fm]. The maximum atomic E-state index is 12.2. The smallest absolute Gasteiger partial charge is 0.309 e. The fraction of sp³-hybridized carbons (Fsp3) is 0.850. The quantitative estimate of drug-likeness (QED) is 0.225. The molecule has 0 aliphatic heterocycles. The summed E-state index contributed by atoms with van der Waals surface area (Å²) in [6.45, 7) is 13.5. The number of ether oxygens (including phenoxy) is 2. The molecule has 28 heavy (non-hydrogen) atoms. The van der Waals surface area contributed by atoms with Gasteiger partial charge >= 0.3 is 5.97 Å². The number of hydrogen-bond donors (Lipinski definition) is 1. The van der Waals surface area contributed by atoms with E-state index in [2.05, 4.69) is 19.2 Å². The third-order valence-corrected chi connectivity index (χ3v) is 3.85. The van der Waals surface area contributed by atoms with Crippen LogP contribution in [0.4, 0.5) is 0 Å². The van der Waals surface area contributed by atoms with E-state index >= 15 is 0 Å². The van der Waals surface area contributed by atoms with E-state index in [-0.39, 0.29) is 36.8 Å². The summed E-state index contributed by atoms with van der Waals surface area (Å²) in [5, 5.41) is 2.24. The van der Waals surface area contributed by atoms with Crippen molar-refractivity contribution in [3.8, 4) is 0 Å². The van der Waals surface area contributed by atoms with Gasteiger partial charge in [-0.15, -0.1) is 0 Å². The molecule has 0 heterocycles. The molecule has 2 amide bonds. The Kier molecular flexibility index (Phi) is 16.6. The van der Waals surface area contributed by atoms with Crippen LogP contribution >= 0.6 is 0 Å². The summed E-state index contributed by atoms with van der Waals surface area (Å²) in [4.78, 5) is 36.1. The van der Waals surface area contributed by atoms with Gasteiger partial charge in [-0.2, -0.15) is 6.41 Å². The van der Waals surface area contributed by atoms with E-state index in [0.717, 1.165) is 6.42 Å². The molecule has 3 atom stereocenters. The zero-order valence-corrected chi connectivity index (χ0v) is 21.2. The first kappa shape index (κ1) is 30.1. The average molecular weight is 645 g/mol. The predicted molar refractivity (Wildman–Crippen MR) is 107 cm³/mol. The molecule has 0 radical (unpaired) electrons. The minimum atomic E-state index is -0.577. The average Bonchev–Trinajstić information content (AvgIpc) is 2.57. The number of hydrogen-bond acceptors (Lipinski definition) is 5. The second-order valence-corrected chi connectivity index (χ2v) is 7.61. The van der Waals surface area contributed by atoms with Gasteiger partial charge < -0.3 is 24.5 Å². The van der Waals surface area contributed by atoms with Gasteiger partial charge in [-0.1, -0.05) is 40.5 Å². The zero-order valence-electron chi connectivity index (χ0n) is 18.8. The van der Waals surface area contributed by atoms with Gasteiger partial charge in [0.25, 0.3) is 0 Å². The number of carbonyl (C=O) groups excluding carboxylic acids is 3. The summed E-state index contributed by atoms with van der Waals surface area (Å²) < 4.78 is 10.9. The first-order valence-electron chi connectivity index (χ1n) is 9.59. The molecule has 7 nitrogen and oxygen atoms in total. The molecule has 0 rings (SSSR count). The Labute approximate surface area is 165 Å². The molecule has 0 aromatic carbocycles. The number of esters is 1. The van der Waals surface area contributed by atoms with Crippen LogP contribution in [0.3, 0.4) is 0 Å². The van der Waals surface area contributed by atoms with Gasteiger partial charge in [-0.3, -0.25) is 9.59 Å². The zero-order chi connectivity index (χ0) is 21.6.